The predicted octanol–water partition coefficient (Wildman–Crippen LogP) is 3.04. The monoisotopic (exact) mass is 190 g/mol. The van der Waals surface area contributed by atoms with Gasteiger partial charge in [-0.15, -0.1) is 0 Å². The van der Waals surface area contributed by atoms with Gasteiger partial charge in [-0.2, -0.15) is 25.3 Å². The molecule has 0 radical (unpaired) electrons. The molecule has 0 aromatic heterocycles. The predicted molar refractivity (Wildman–Crippen MR) is 57.7 cm³/mol. The Balaban J connectivity index is 2.28. The molecule has 1 aliphatic rings. The Morgan fingerprint density at radius 2 is 2.09 bits per heavy atom. The van der Waals surface area contributed by atoms with E-state index in [2.05, 4.69) is 32.2 Å². The van der Waals surface area contributed by atoms with Crippen molar-refractivity contribution in [2.75, 3.05) is 5.75 Å². The fourth-order valence-corrected chi connectivity index (χ4v) is 2.64. The molecular weight excluding hydrogens is 172 g/mol. The van der Waals surface area contributed by atoms with Crippen LogP contribution in [0.4, 0.5) is 0 Å². The van der Waals surface area contributed by atoms with E-state index >= 15 is 0 Å². The first-order valence-corrected chi connectivity index (χ1v) is 5.68. The zero-order valence-corrected chi connectivity index (χ0v) is 8.95. The zero-order valence-electron chi connectivity index (χ0n) is 7.16. The van der Waals surface area contributed by atoms with Crippen molar-refractivity contribution < 1.29 is 0 Å². The summed E-state index contributed by atoms with van der Waals surface area (Å²) in [6.45, 7) is 2.31. The maximum atomic E-state index is 4.58. The van der Waals surface area contributed by atoms with Gasteiger partial charge in [-0.1, -0.05) is 13.3 Å². The van der Waals surface area contributed by atoms with Gasteiger partial charge in [-0.3, -0.25) is 0 Å². The molecule has 3 atom stereocenters. The van der Waals surface area contributed by atoms with Gasteiger partial charge in [-0.25, -0.2) is 0 Å². The zero-order chi connectivity index (χ0) is 8.27. The number of hydrogen-bond acceptors (Lipinski definition) is 2. The number of thiol groups is 2. The summed E-state index contributed by atoms with van der Waals surface area (Å²) in [6.07, 6.45) is 5.36. The van der Waals surface area contributed by atoms with Gasteiger partial charge in [-0.05, 0) is 36.9 Å². The molecule has 0 aromatic carbocycles. The van der Waals surface area contributed by atoms with Gasteiger partial charge in [0.1, 0.15) is 0 Å². The first kappa shape index (κ1) is 9.79. The van der Waals surface area contributed by atoms with Crippen molar-refractivity contribution in [2.45, 2.75) is 37.9 Å². The van der Waals surface area contributed by atoms with Crippen LogP contribution in [-0.2, 0) is 0 Å². The van der Waals surface area contributed by atoms with Crippen molar-refractivity contribution in [3.63, 3.8) is 0 Å². The normalized spacial score (nSPS) is 39.0. The van der Waals surface area contributed by atoms with Crippen molar-refractivity contribution in [3.8, 4) is 0 Å². The fourth-order valence-electron chi connectivity index (χ4n) is 1.83. The Bertz CT molecular complexity index is 114. The molecule has 0 aliphatic heterocycles. The Hall–Kier alpha value is 0.700. The van der Waals surface area contributed by atoms with Crippen LogP contribution >= 0.6 is 25.3 Å². The largest absolute Gasteiger partial charge is 0.179 e. The van der Waals surface area contributed by atoms with E-state index in [0.717, 1.165) is 17.6 Å². The molecule has 1 rings (SSSR count). The highest BCUT2D eigenvalue weighted by Gasteiger charge is 2.24. The van der Waals surface area contributed by atoms with Crippen LogP contribution in [0, 0.1) is 11.8 Å². The van der Waals surface area contributed by atoms with Crippen molar-refractivity contribution in [1.29, 1.82) is 0 Å². The summed E-state index contributed by atoms with van der Waals surface area (Å²) >= 11 is 8.84. The summed E-state index contributed by atoms with van der Waals surface area (Å²) in [5.41, 5.74) is 0. The molecule has 66 valence electrons. The average molecular weight is 190 g/mol. The van der Waals surface area contributed by atoms with E-state index in [4.69, 9.17) is 0 Å². The van der Waals surface area contributed by atoms with Crippen LogP contribution in [0.1, 0.15) is 32.6 Å². The summed E-state index contributed by atoms with van der Waals surface area (Å²) in [5, 5.41) is 0.647. The molecule has 0 spiro atoms. The SMILES string of the molecule is CC1CCC(CCS)CC1S. The lowest BCUT2D eigenvalue weighted by atomic mass is 9.81. The summed E-state index contributed by atoms with van der Waals surface area (Å²) in [5.74, 6) is 2.78. The van der Waals surface area contributed by atoms with E-state index in [1.54, 1.807) is 0 Å². The number of rotatable bonds is 2. The lowest BCUT2D eigenvalue weighted by molar-refractivity contribution is 0.296. The molecule has 1 saturated carbocycles. The van der Waals surface area contributed by atoms with E-state index in [9.17, 15) is 0 Å². The van der Waals surface area contributed by atoms with E-state index in [0.29, 0.717) is 5.25 Å². The van der Waals surface area contributed by atoms with E-state index in [1.165, 1.54) is 25.7 Å². The van der Waals surface area contributed by atoms with Gasteiger partial charge < -0.3 is 0 Å². The van der Waals surface area contributed by atoms with Crippen LogP contribution in [0.2, 0.25) is 0 Å². The average Bonchev–Trinajstić information content (AvgIpc) is 1.98. The standard InChI is InChI=1S/C9H18S2/c1-7-2-3-8(4-5-10)6-9(7)11/h7-11H,2-6H2,1H3. The van der Waals surface area contributed by atoms with Crippen LogP contribution in [-0.4, -0.2) is 11.0 Å². The molecule has 0 amide bonds. The van der Waals surface area contributed by atoms with Gasteiger partial charge in [0.05, 0.1) is 0 Å². The minimum absolute atomic E-state index is 0.647. The second-order valence-electron chi connectivity index (χ2n) is 3.74. The van der Waals surface area contributed by atoms with Gasteiger partial charge in [0.15, 0.2) is 0 Å². The minimum atomic E-state index is 0.647. The highest BCUT2D eigenvalue weighted by Crippen LogP contribution is 2.33. The molecule has 1 fully saturated rings. The van der Waals surface area contributed by atoms with Crippen LogP contribution in [0.5, 0.6) is 0 Å². The molecule has 0 N–H and O–H groups in total. The maximum absolute atomic E-state index is 4.58. The summed E-state index contributed by atoms with van der Waals surface area (Å²) in [4.78, 5) is 0. The lowest BCUT2D eigenvalue weighted by Gasteiger charge is -2.31. The van der Waals surface area contributed by atoms with Gasteiger partial charge in [0.2, 0.25) is 0 Å². The third-order valence-electron chi connectivity index (χ3n) is 2.80. The van der Waals surface area contributed by atoms with Crippen LogP contribution in [0.15, 0.2) is 0 Å². The van der Waals surface area contributed by atoms with E-state index in [-0.39, 0.29) is 0 Å². The quantitative estimate of drug-likeness (QED) is 0.614. The molecule has 2 heteroatoms. The molecule has 3 unspecified atom stereocenters. The maximum Gasteiger partial charge on any atom is 0.00450 e. The molecule has 0 nitrogen and oxygen atoms in total. The summed E-state index contributed by atoms with van der Waals surface area (Å²) in [6, 6.07) is 0. The summed E-state index contributed by atoms with van der Waals surface area (Å²) < 4.78 is 0. The highest BCUT2D eigenvalue weighted by atomic mass is 32.1. The lowest BCUT2D eigenvalue weighted by Crippen LogP contribution is -2.23. The second-order valence-corrected chi connectivity index (χ2v) is 4.85. The fraction of sp³-hybridized carbons (Fsp3) is 1.00. The highest BCUT2D eigenvalue weighted by molar-refractivity contribution is 7.81. The smallest absolute Gasteiger partial charge is 0.00450 e. The van der Waals surface area contributed by atoms with Gasteiger partial charge in [0, 0.05) is 5.25 Å². The van der Waals surface area contributed by atoms with Gasteiger partial charge >= 0.3 is 0 Å². The Labute approximate surface area is 81.0 Å². The Kier molecular flexibility index (Phi) is 4.14. The van der Waals surface area contributed by atoms with Crippen molar-refractivity contribution in [2.24, 2.45) is 11.8 Å². The third kappa shape index (κ3) is 2.90. The molecular formula is C9H18S2. The van der Waals surface area contributed by atoms with Crippen molar-refractivity contribution in [3.05, 3.63) is 0 Å². The number of hydrogen-bond donors (Lipinski definition) is 2. The molecule has 1 aliphatic carbocycles. The van der Waals surface area contributed by atoms with E-state index in [1.807, 2.05) is 0 Å². The first-order valence-electron chi connectivity index (χ1n) is 4.53. The first-order chi connectivity index (χ1) is 5.24. The van der Waals surface area contributed by atoms with Crippen LogP contribution in [0.3, 0.4) is 0 Å². The molecule has 0 saturated heterocycles. The molecule has 11 heavy (non-hydrogen) atoms. The Morgan fingerprint density at radius 3 is 2.64 bits per heavy atom. The summed E-state index contributed by atoms with van der Waals surface area (Å²) in [7, 11) is 0. The van der Waals surface area contributed by atoms with Crippen LogP contribution < -0.4 is 0 Å². The molecule has 0 heterocycles. The second kappa shape index (κ2) is 4.66. The molecule has 0 aromatic rings. The minimum Gasteiger partial charge on any atom is -0.179 e. The molecule has 0 bridgehead atoms. The topological polar surface area (TPSA) is 0 Å². The Morgan fingerprint density at radius 1 is 1.36 bits per heavy atom. The van der Waals surface area contributed by atoms with Crippen molar-refractivity contribution in [1.82, 2.24) is 0 Å². The van der Waals surface area contributed by atoms with E-state index < -0.39 is 0 Å². The third-order valence-corrected chi connectivity index (χ3v) is 3.78. The van der Waals surface area contributed by atoms with Gasteiger partial charge in [0.25, 0.3) is 0 Å². The van der Waals surface area contributed by atoms with Crippen molar-refractivity contribution >= 4 is 25.3 Å². The van der Waals surface area contributed by atoms with Crippen LogP contribution in [0.25, 0.3) is 0 Å².